The molecule has 0 atom stereocenters. The summed E-state index contributed by atoms with van der Waals surface area (Å²) in [6.45, 7) is 9.29. The zero-order chi connectivity index (χ0) is 11.1. The van der Waals surface area contributed by atoms with Gasteiger partial charge < -0.3 is 15.2 Å². The number of aromatic nitrogens is 2. The standard InChI is InChI=1S/C11H22N4/c1-3-14(7-4-5-12)9-10-15-8-6-13-11(15)2/h6,8H,3-5,7,9-10,12H2,1-2H3. The monoisotopic (exact) mass is 210 g/mol. The molecule has 0 radical (unpaired) electrons. The maximum atomic E-state index is 5.50. The molecule has 0 fully saturated rings. The predicted octanol–water partition coefficient (Wildman–Crippen LogP) is 0.862. The number of nitrogens with zero attached hydrogens (tertiary/aromatic N) is 3. The van der Waals surface area contributed by atoms with Crippen molar-refractivity contribution in [3.05, 3.63) is 18.2 Å². The van der Waals surface area contributed by atoms with Crippen LogP contribution in [0.4, 0.5) is 0 Å². The Morgan fingerprint density at radius 1 is 1.47 bits per heavy atom. The second-order valence-corrected chi connectivity index (χ2v) is 3.74. The molecule has 1 rings (SSSR count). The summed E-state index contributed by atoms with van der Waals surface area (Å²) in [6, 6.07) is 0. The third-order valence-electron chi connectivity index (χ3n) is 2.71. The number of aryl methyl sites for hydroxylation is 1. The zero-order valence-corrected chi connectivity index (χ0v) is 9.82. The van der Waals surface area contributed by atoms with Crippen molar-refractivity contribution in [1.82, 2.24) is 14.5 Å². The Labute approximate surface area is 92.1 Å². The van der Waals surface area contributed by atoms with Gasteiger partial charge in [-0.2, -0.15) is 0 Å². The van der Waals surface area contributed by atoms with Gasteiger partial charge in [0.15, 0.2) is 0 Å². The van der Waals surface area contributed by atoms with Crippen LogP contribution in [0.1, 0.15) is 19.2 Å². The van der Waals surface area contributed by atoms with E-state index >= 15 is 0 Å². The lowest BCUT2D eigenvalue weighted by Crippen LogP contribution is -2.29. The summed E-state index contributed by atoms with van der Waals surface area (Å²) in [7, 11) is 0. The van der Waals surface area contributed by atoms with E-state index in [1.807, 2.05) is 19.3 Å². The van der Waals surface area contributed by atoms with Gasteiger partial charge >= 0.3 is 0 Å². The van der Waals surface area contributed by atoms with Crippen LogP contribution >= 0.6 is 0 Å². The number of nitrogens with two attached hydrogens (primary N) is 1. The lowest BCUT2D eigenvalue weighted by molar-refractivity contribution is 0.273. The van der Waals surface area contributed by atoms with Crippen LogP contribution < -0.4 is 5.73 Å². The minimum Gasteiger partial charge on any atom is -0.334 e. The van der Waals surface area contributed by atoms with Crippen molar-refractivity contribution in [3.8, 4) is 0 Å². The number of hydrogen-bond acceptors (Lipinski definition) is 3. The second kappa shape index (κ2) is 6.58. The van der Waals surface area contributed by atoms with Crippen molar-refractivity contribution < 1.29 is 0 Å². The molecule has 0 unspecified atom stereocenters. The number of likely N-dealkylation sites (N-methyl/N-ethyl adjacent to an activating group) is 1. The van der Waals surface area contributed by atoms with Crippen LogP contribution in [-0.4, -0.2) is 40.6 Å². The lowest BCUT2D eigenvalue weighted by atomic mass is 10.3. The van der Waals surface area contributed by atoms with Crippen LogP contribution in [0, 0.1) is 6.92 Å². The van der Waals surface area contributed by atoms with E-state index in [9.17, 15) is 0 Å². The lowest BCUT2D eigenvalue weighted by Gasteiger charge is -2.20. The topological polar surface area (TPSA) is 47.1 Å². The summed E-state index contributed by atoms with van der Waals surface area (Å²) in [5.41, 5.74) is 5.50. The highest BCUT2D eigenvalue weighted by Gasteiger charge is 2.02. The van der Waals surface area contributed by atoms with Crippen LogP contribution in [0.2, 0.25) is 0 Å². The SMILES string of the molecule is CCN(CCCN)CCn1ccnc1C. The van der Waals surface area contributed by atoms with Crippen molar-refractivity contribution in [2.75, 3.05) is 26.2 Å². The van der Waals surface area contributed by atoms with Crippen LogP contribution in [-0.2, 0) is 6.54 Å². The molecule has 0 spiro atoms. The molecular weight excluding hydrogens is 188 g/mol. The number of imidazole rings is 1. The molecule has 4 nitrogen and oxygen atoms in total. The van der Waals surface area contributed by atoms with Crippen molar-refractivity contribution in [3.63, 3.8) is 0 Å². The summed E-state index contributed by atoms with van der Waals surface area (Å²) < 4.78 is 2.19. The average molecular weight is 210 g/mol. The van der Waals surface area contributed by atoms with E-state index in [0.29, 0.717) is 0 Å². The van der Waals surface area contributed by atoms with E-state index in [-0.39, 0.29) is 0 Å². The highest BCUT2D eigenvalue weighted by atomic mass is 15.2. The van der Waals surface area contributed by atoms with Crippen molar-refractivity contribution in [1.29, 1.82) is 0 Å². The molecule has 1 aromatic heterocycles. The fourth-order valence-corrected chi connectivity index (χ4v) is 1.63. The highest BCUT2D eigenvalue weighted by Crippen LogP contribution is 1.97. The first-order chi connectivity index (χ1) is 7.27. The fourth-order valence-electron chi connectivity index (χ4n) is 1.63. The molecule has 0 saturated heterocycles. The van der Waals surface area contributed by atoms with Crippen LogP contribution in [0.25, 0.3) is 0 Å². The Kier molecular flexibility index (Phi) is 5.36. The van der Waals surface area contributed by atoms with E-state index in [1.165, 1.54) is 0 Å². The van der Waals surface area contributed by atoms with Gasteiger partial charge in [-0.05, 0) is 33.0 Å². The fraction of sp³-hybridized carbons (Fsp3) is 0.727. The van der Waals surface area contributed by atoms with Crippen LogP contribution in [0.5, 0.6) is 0 Å². The molecule has 4 heteroatoms. The third-order valence-corrected chi connectivity index (χ3v) is 2.71. The van der Waals surface area contributed by atoms with Gasteiger partial charge in [0.1, 0.15) is 5.82 Å². The molecule has 0 aliphatic carbocycles. The Morgan fingerprint density at radius 3 is 2.80 bits per heavy atom. The molecule has 2 N–H and O–H groups in total. The van der Waals surface area contributed by atoms with E-state index in [1.54, 1.807) is 0 Å². The predicted molar refractivity (Wildman–Crippen MR) is 62.7 cm³/mol. The van der Waals surface area contributed by atoms with Gasteiger partial charge in [-0.15, -0.1) is 0 Å². The zero-order valence-electron chi connectivity index (χ0n) is 9.82. The molecule has 86 valence electrons. The first-order valence-electron chi connectivity index (χ1n) is 5.68. The van der Waals surface area contributed by atoms with E-state index in [0.717, 1.165) is 45.0 Å². The summed E-state index contributed by atoms with van der Waals surface area (Å²) in [5.74, 6) is 1.09. The Hall–Kier alpha value is -0.870. The van der Waals surface area contributed by atoms with Gasteiger partial charge in [0.2, 0.25) is 0 Å². The molecule has 1 heterocycles. The van der Waals surface area contributed by atoms with E-state index in [2.05, 4.69) is 21.4 Å². The molecule has 0 saturated carbocycles. The first-order valence-corrected chi connectivity index (χ1v) is 5.68. The third kappa shape index (κ3) is 4.01. The summed E-state index contributed by atoms with van der Waals surface area (Å²) >= 11 is 0. The largest absolute Gasteiger partial charge is 0.334 e. The van der Waals surface area contributed by atoms with E-state index < -0.39 is 0 Å². The molecule has 0 aliphatic heterocycles. The van der Waals surface area contributed by atoms with Crippen molar-refractivity contribution >= 4 is 0 Å². The van der Waals surface area contributed by atoms with E-state index in [4.69, 9.17) is 5.73 Å². The quantitative estimate of drug-likeness (QED) is 0.726. The van der Waals surface area contributed by atoms with Gasteiger partial charge in [0.05, 0.1) is 0 Å². The van der Waals surface area contributed by atoms with Crippen LogP contribution in [0.15, 0.2) is 12.4 Å². The molecule has 1 aromatic rings. The van der Waals surface area contributed by atoms with Gasteiger partial charge in [0, 0.05) is 25.5 Å². The Bertz CT molecular complexity index is 269. The minimum atomic E-state index is 0.778. The molecule has 0 bridgehead atoms. The molecule has 15 heavy (non-hydrogen) atoms. The summed E-state index contributed by atoms with van der Waals surface area (Å²) in [6.07, 6.45) is 4.97. The molecule has 0 aliphatic rings. The average Bonchev–Trinajstić information content (AvgIpc) is 2.65. The maximum absolute atomic E-state index is 5.50. The minimum absolute atomic E-state index is 0.778. The smallest absolute Gasteiger partial charge is 0.105 e. The van der Waals surface area contributed by atoms with Crippen LogP contribution in [0.3, 0.4) is 0 Å². The molecular formula is C11H22N4. The highest BCUT2D eigenvalue weighted by molar-refractivity contribution is 4.88. The Morgan fingerprint density at radius 2 is 2.27 bits per heavy atom. The normalized spacial score (nSPS) is 11.2. The van der Waals surface area contributed by atoms with Gasteiger partial charge in [-0.3, -0.25) is 0 Å². The van der Waals surface area contributed by atoms with Gasteiger partial charge in [0.25, 0.3) is 0 Å². The summed E-state index contributed by atoms with van der Waals surface area (Å²) in [5, 5.41) is 0. The second-order valence-electron chi connectivity index (χ2n) is 3.74. The number of hydrogen-bond donors (Lipinski definition) is 1. The number of rotatable bonds is 7. The molecule has 0 aromatic carbocycles. The van der Waals surface area contributed by atoms with Gasteiger partial charge in [-0.25, -0.2) is 4.98 Å². The molecule has 0 amide bonds. The first kappa shape index (κ1) is 12.2. The van der Waals surface area contributed by atoms with Crippen molar-refractivity contribution in [2.24, 2.45) is 5.73 Å². The summed E-state index contributed by atoms with van der Waals surface area (Å²) in [4.78, 5) is 6.63. The van der Waals surface area contributed by atoms with Crippen molar-refractivity contribution in [2.45, 2.75) is 26.8 Å². The van der Waals surface area contributed by atoms with Gasteiger partial charge in [-0.1, -0.05) is 6.92 Å². The maximum Gasteiger partial charge on any atom is 0.105 e. The Balaban J connectivity index is 2.31.